The molecule has 0 bridgehead atoms. The van der Waals surface area contributed by atoms with Crippen molar-refractivity contribution in [3.63, 3.8) is 0 Å². The number of benzene rings is 1. The fourth-order valence-corrected chi connectivity index (χ4v) is 5.44. The fraction of sp³-hybridized carbons (Fsp3) is 0.741. The smallest absolute Gasteiger partial charge is 0.311 e. The third-order valence-electron chi connectivity index (χ3n) is 7.37. The highest BCUT2D eigenvalue weighted by Crippen LogP contribution is 2.43. The van der Waals surface area contributed by atoms with Gasteiger partial charge in [-0.05, 0) is 93.7 Å². The highest BCUT2D eigenvalue weighted by atomic mass is 16.5. The van der Waals surface area contributed by atoms with Gasteiger partial charge in [0.2, 0.25) is 0 Å². The van der Waals surface area contributed by atoms with Crippen LogP contribution < -0.4 is 0 Å². The Bertz CT molecular complexity index is 674. The lowest BCUT2D eigenvalue weighted by molar-refractivity contribution is -0.154. The first kappa shape index (κ1) is 23.3. The molecule has 0 spiro atoms. The monoisotopic (exact) mass is 414 g/mol. The van der Waals surface area contributed by atoms with Gasteiger partial charge in [0.05, 0.1) is 5.41 Å². The summed E-state index contributed by atoms with van der Waals surface area (Å²) < 4.78 is 5.65. The zero-order chi connectivity index (χ0) is 21.6. The molecule has 2 aliphatic rings. The van der Waals surface area contributed by atoms with Crippen LogP contribution in [0.4, 0.5) is 0 Å². The van der Waals surface area contributed by atoms with Gasteiger partial charge in [-0.3, -0.25) is 4.79 Å². The summed E-state index contributed by atoms with van der Waals surface area (Å²) in [7, 11) is 0. The van der Waals surface area contributed by atoms with Gasteiger partial charge in [-0.25, -0.2) is 0 Å². The Morgan fingerprint density at radius 1 is 0.967 bits per heavy atom. The van der Waals surface area contributed by atoms with Gasteiger partial charge in [-0.15, -0.1) is 0 Å². The first-order valence-electron chi connectivity index (χ1n) is 12.3. The molecular formula is C27H42O3. The normalized spacial score (nSPS) is 23.3. The summed E-state index contributed by atoms with van der Waals surface area (Å²) in [5.74, 6) is 2.40. The Hall–Kier alpha value is -1.35. The van der Waals surface area contributed by atoms with Crippen molar-refractivity contribution in [1.82, 2.24) is 0 Å². The van der Waals surface area contributed by atoms with E-state index in [0.717, 1.165) is 30.2 Å². The minimum Gasteiger partial charge on any atom is -0.460 e. The maximum absolute atomic E-state index is 12.3. The van der Waals surface area contributed by atoms with Crippen LogP contribution >= 0.6 is 0 Å². The highest BCUT2D eigenvalue weighted by molar-refractivity contribution is 5.75. The number of ether oxygens (including phenoxy) is 1. The Morgan fingerprint density at radius 3 is 2.27 bits per heavy atom. The van der Waals surface area contributed by atoms with E-state index < -0.39 is 5.41 Å². The molecule has 3 nitrogen and oxygen atoms in total. The highest BCUT2D eigenvalue weighted by Gasteiger charge is 2.29. The third kappa shape index (κ3) is 6.33. The minimum absolute atomic E-state index is 0.158. The molecule has 0 atom stereocenters. The number of hydrogen-bond acceptors (Lipinski definition) is 3. The summed E-state index contributed by atoms with van der Waals surface area (Å²) in [6, 6.07) is 6.78. The molecule has 1 aromatic rings. The van der Waals surface area contributed by atoms with Gasteiger partial charge in [0.1, 0.15) is 6.61 Å². The Labute approximate surface area is 183 Å². The molecule has 3 rings (SSSR count). The zero-order valence-electron chi connectivity index (χ0n) is 19.4. The van der Waals surface area contributed by atoms with Crippen molar-refractivity contribution >= 4 is 5.97 Å². The van der Waals surface area contributed by atoms with Crippen LogP contribution in [0.3, 0.4) is 0 Å². The van der Waals surface area contributed by atoms with Crippen LogP contribution in [0.1, 0.15) is 108 Å². The molecule has 2 aliphatic carbocycles. The van der Waals surface area contributed by atoms with Crippen LogP contribution in [-0.2, 0) is 22.6 Å². The molecule has 2 fully saturated rings. The van der Waals surface area contributed by atoms with Crippen molar-refractivity contribution in [1.29, 1.82) is 0 Å². The van der Waals surface area contributed by atoms with Crippen LogP contribution in [0.25, 0.3) is 0 Å². The van der Waals surface area contributed by atoms with E-state index in [0.29, 0.717) is 12.5 Å². The van der Waals surface area contributed by atoms with E-state index in [9.17, 15) is 9.90 Å². The van der Waals surface area contributed by atoms with Gasteiger partial charge in [0.15, 0.2) is 0 Å². The number of aliphatic hydroxyl groups is 1. The molecule has 168 valence electrons. The van der Waals surface area contributed by atoms with Crippen LogP contribution in [0.2, 0.25) is 0 Å². The quantitative estimate of drug-likeness (QED) is 0.514. The first-order chi connectivity index (χ1) is 14.4. The molecule has 1 aromatic carbocycles. The number of esters is 1. The Balaban J connectivity index is 1.65. The SMILES string of the molecule is CC(C)(C)C(=O)OCc1cc(C2CCC(C3CCCCC3)CC2)ccc1CCCO. The van der Waals surface area contributed by atoms with E-state index in [1.165, 1.54) is 68.9 Å². The number of carbonyl (C=O) groups is 1. The zero-order valence-corrected chi connectivity index (χ0v) is 19.4. The summed E-state index contributed by atoms with van der Waals surface area (Å²) in [6.45, 7) is 6.20. The second-order valence-electron chi connectivity index (χ2n) is 10.7. The van der Waals surface area contributed by atoms with Gasteiger partial charge in [0.25, 0.3) is 0 Å². The first-order valence-corrected chi connectivity index (χ1v) is 12.3. The number of aliphatic hydroxyl groups excluding tert-OH is 1. The molecule has 0 aliphatic heterocycles. The number of carbonyl (C=O) groups excluding carboxylic acids is 1. The van der Waals surface area contributed by atoms with Crippen molar-refractivity contribution in [3.05, 3.63) is 34.9 Å². The molecule has 0 unspecified atom stereocenters. The van der Waals surface area contributed by atoms with Crippen molar-refractivity contribution in [2.75, 3.05) is 6.61 Å². The number of rotatable bonds is 7. The van der Waals surface area contributed by atoms with E-state index in [2.05, 4.69) is 18.2 Å². The van der Waals surface area contributed by atoms with Gasteiger partial charge in [-0.1, -0.05) is 50.3 Å². The molecule has 0 aromatic heterocycles. The van der Waals surface area contributed by atoms with Gasteiger partial charge >= 0.3 is 5.97 Å². The van der Waals surface area contributed by atoms with E-state index in [4.69, 9.17) is 4.74 Å². The maximum atomic E-state index is 12.3. The summed E-state index contributed by atoms with van der Waals surface area (Å²) in [6.07, 6.45) is 14.1. The van der Waals surface area contributed by atoms with Crippen LogP contribution in [0.5, 0.6) is 0 Å². The average molecular weight is 415 g/mol. The summed E-state index contributed by atoms with van der Waals surface area (Å²) in [4.78, 5) is 12.3. The van der Waals surface area contributed by atoms with E-state index in [-0.39, 0.29) is 12.6 Å². The summed E-state index contributed by atoms with van der Waals surface area (Å²) >= 11 is 0. The lowest BCUT2D eigenvalue weighted by Crippen LogP contribution is -2.23. The maximum Gasteiger partial charge on any atom is 0.311 e. The standard InChI is InChI=1S/C27H42O3/c1-27(2,3)26(29)30-19-25-18-24(16-15-21(25)10-7-17-28)23-13-11-22(12-14-23)20-8-5-4-6-9-20/h15-16,18,20,22-23,28H,4-14,17,19H2,1-3H3. The number of hydrogen-bond donors (Lipinski definition) is 1. The molecule has 0 amide bonds. The Kier molecular flexibility index (Phi) is 8.39. The van der Waals surface area contributed by atoms with E-state index >= 15 is 0 Å². The molecule has 0 saturated heterocycles. The second kappa shape index (κ2) is 10.8. The van der Waals surface area contributed by atoms with Crippen LogP contribution in [-0.4, -0.2) is 17.7 Å². The van der Waals surface area contributed by atoms with Gasteiger partial charge in [0, 0.05) is 6.61 Å². The molecule has 3 heteroatoms. The number of aryl methyl sites for hydroxylation is 1. The van der Waals surface area contributed by atoms with Gasteiger partial charge < -0.3 is 9.84 Å². The largest absolute Gasteiger partial charge is 0.460 e. The second-order valence-corrected chi connectivity index (χ2v) is 10.7. The summed E-state index contributed by atoms with van der Waals surface area (Å²) in [5.41, 5.74) is 3.24. The van der Waals surface area contributed by atoms with Crippen LogP contribution in [0, 0.1) is 17.3 Å². The van der Waals surface area contributed by atoms with E-state index in [1.54, 1.807) is 0 Å². The average Bonchev–Trinajstić information content (AvgIpc) is 2.76. The van der Waals surface area contributed by atoms with Crippen molar-refractivity contribution in [2.24, 2.45) is 17.3 Å². The van der Waals surface area contributed by atoms with Crippen molar-refractivity contribution in [2.45, 2.75) is 104 Å². The molecule has 1 N–H and O–H groups in total. The molecule has 0 radical (unpaired) electrons. The predicted molar refractivity (Wildman–Crippen MR) is 122 cm³/mol. The fourth-order valence-electron chi connectivity index (χ4n) is 5.44. The Morgan fingerprint density at radius 2 is 1.63 bits per heavy atom. The molecule has 30 heavy (non-hydrogen) atoms. The lowest BCUT2D eigenvalue weighted by Gasteiger charge is -2.36. The van der Waals surface area contributed by atoms with Crippen molar-refractivity contribution < 1.29 is 14.6 Å². The topological polar surface area (TPSA) is 46.5 Å². The molecule has 2 saturated carbocycles. The molecular weight excluding hydrogens is 372 g/mol. The predicted octanol–water partition coefficient (Wildman–Crippen LogP) is 6.55. The van der Waals surface area contributed by atoms with Crippen LogP contribution in [0.15, 0.2) is 18.2 Å². The minimum atomic E-state index is -0.486. The van der Waals surface area contributed by atoms with Crippen molar-refractivity contribution in [3.8, 4) is 0 Å². The summed E-state index contributed by atoms with van der Waals surface area (Å²) in [5, 5.41) is 9.25. The van der Waals surface area contributed by atoms with E-state index in [1.807, 2.05) is 20.8 Å². The van der Waals surface area contributed by atoms with Gasteiger partial charge in [-0.2, -0.15) is 0 Å². The molecule has 0 heterocycles. The lowest BCUT2D eigenvalue weighted by atomic mass is 9.70. The third-order valence-corrected chi connectivity index (χ3v) is 7.37.